The second-order valence-electron chi connectivity index (χ2n) is 7.81. The molecule has 0 saturated heterocycles. The summed E-state index contributed by atoms with van der Waals surface area (Å²) >= 11 is 0. The third-order valence-electron chi connectivity index (χ3n) is 6.43. The normalized spacial score (nSPS) is 27.8. The van der Waals surface area contributed by atoms with Crippen molar-refractivity contribution in [3.63, 3.8) is 0 Å². The Morgan fingerprint density at radius 3 is 2.21 bits per heavy atom. The average Bonchev–Trinajstić information content (AvgIpc) is 3.29. The first-order chi connectivity index (χ1) is 13.7. The Morgan fingerprint density at radius 1 is 1.07 bits per heavy atom. The summed E-state index contributed by atoms with van der Waals surface area (Å²) in [5.74, 6) is -1.13. The standard InChI is InChI=1S/C20H32O8Si/c1-7-27-18(23)20(15(3)21)12-16-11-19(16,13-20)14(2)17(22)28-9-8-10-29(24-4,25-5)26-6/h16H,2,7-13H2,1,3-6H3. The number of esters is 2. The van der Waals surface area contributed by atoms with E-state index in [1.165, 1.54) is 28.3 Å². The van der Waals surface area contributed by atoms with Crippen LogP contribution in [0.3, 0.4) is 0 Å². The van der Waals surface area contributed by atoms with Gasteiger partial charge in [-0.3, -0.25) is 9.59 Å². The summed E-state index contributed by atoms with van der Waals surface area (Å²) in [5.41, 5.74) is -1.38. The Labute approximate surface area is 173 Å². The maximum absolute atomic E-state index is 12.6. The van der Waals surface area contributed by atoms with Gasteiger partial charge in [-0.25, -0.2) is 4.79 Å². The highest BCUT2D eigenvalue weighted by Gasteiger charge is 2.71. The summed E-state index contributed by atoms with van der Waals surface area (Å²) in [5, 5.41) is 0. The third-order valence-corrected chi connectivity index (χ3v) is 9.26. The lowest BCUT2D eigenvalue weighted by Gasteiger charge is -2.27. The molecule has 0 spiro atoms. The Kier molecular flexibility index (Phi) is 7.42. The molecule has 2 rings (SSSR count). The maximum Gasteiger partial charge on any atom is 0.500 e. The Hall–Kier alpha value is -1.55. The molecule has 3 unspecified atom stereocenters. The molecule has 0 radical (unpaired) electrons. The van der Waals surface area contributed by atoms with Gasteiger partial charge in [-0.1, -0.05) is 6.58 Å². The van der Waals surface area contributed by atoms with Crippen molar-refractivity contribution in [1.29, 1.82) is 0 Å². The van der Waals surface area contributed by atoms with Crippen molar-refractivity contribution in [2.24, 2.45) is 16.7 Å². The van der Waals surface area contributed by atoms with Gasteiger partial charge in [0.1, 0.15) is 11.2 Å². The molecular formula is C20H32O8Si. The molecule has 0 aromatic rings. The van der Waals surface area contributed by atoms with Crippen molar-refractivity contribution >= 4 is 26.5 Å². The predicted octanol–water partition coefficient (Wildman–Crippen LogP) is 2.29. The monoisotopic (exact) mass is 428 g/mol. The largest absolute Gasteiger partial charge is 0.500 e. The highest BCUT2D eigenvalue weighted by Crippen LogP contribution is 2.72. The molecule has 0 aromatic heterocycles. The van der Waals surface area contributed by atoms with Crippen molar-refractivity contribution in [1.82, 2.24) is 0 Å². The van der Waals surface area contributed by atoms with Crippen LogP contribution in [0.5, 0.6) is 0 Å². The molecule has 3 atom stereocenters. The zero-order valence-corrected chi connectivity index (χ0v) is 19.0. The van der Waals surface area contributed by atoms with Gasteiger partial charge in [-0.15, -0.1) is 0 Å². The quantitative estimate of drug-likeness (QED) is 0.154. The molecule has 0 N–H and O–H groups in total. The zero-order valence-electron chi connectivity index (χ0n) is 18.0. The average molecular weight is 429 g/mol. The Balaban J connectivity index is 1.95. The highest BCUT2D eigenvalue weighted by atomic mass is 28.4. The lowest BCUT2D eigenvalue weighted by atomic mass is 9.76. The van der Waals surface area contributed by atoms with Crippen LogP contribution < -0.4 is 0 Å². The van der Waals surface area contributed by atoms with E-state index in [-0.39, 0.29) is 31.3 Å². The van der Waals surface area contributed by atoms with E-state index >= 15 is 0 Å². The number of hydrogen-bond acceptors (Lipinski definition) is 8. The summed E-state index contributed by atoms with van der Waals surface area (Å²) in [6.07, 6.45) is 1.93. The van der Waals surface area contributed by atoms with Crippen LogP contribution in [0.15, 0.2) is 12.2 Å². The topological polar surface area (TPSA) is 97.4 Å². The van der Waals surface area contributed by atoms with Gasteiger partial charge in [-0.05, 0) is 45.4 Å². The summed E-state index contributed by atoms with van der Waals surface area (Å²) in [7, 11) is 1.89. The molecule has 2 saturated carbocycles. The number of Topliss-reactive ketones (excluding diaryl/α,β-unsaturated/α-hetero) is 1. The number of carbonyl (C=O) groups is 3. The number of ether oxygens (including phenoxy) is 2. The second kappa shape index (κ2) is 9.07. The van der Waals surface area contributed by atoms with E-state index in [0.29, 0.717) is 24.5 Å². The fraction of sp³-hybridized carbons (Fsp3) is 0.750. The Bertz CT molecular complexity index is 665. The zero-order chi connectivity index (χ0) is 21.9. The van der Waals surface area contributed by atoms with E-state index in [1.54, 1.807) is 6.92 Å². The number of carbonyl (C=O) groups excluding carboxylic acids is 3. The van der Waals surface area contributed by atoms with Gasteiger partial charge in [-0.2, -0.15) is 0 Å². The van der Waals surface area contributed by atoms with E-state index < -0.39 is 31.6 Å². The molecule has 0 heterocycles. The van der Waals surface area contributed by atoms with Gasteiger partial charge in [0.25, 0.3) is 0 Å². The second-order valence-corrected chi connectivity index (χ2v) is 10.9. The first-order valence-electron chi connectivity index (χ1n) is 9.87. The molecule has 8 nitrogen and oxygen atoms in total. The van der Waals surface area contributed by atoms with Gasteiger partial charge in [0.05, 0.1) is 13.2 Å². The molecule has 2 aliphatic carbocycles. The van der Waals surface area contributed by atoms with Crippen molar-refractivity contribution < 1.29 is 37.1 Å². The van der Waals surface area contributed by atoms with Crippen LogP contribution in [0.1, 0.15) is 39.5 Å². The molecule has 0 amide bonds. The van der Waals surface area contributed by atoms with Crippen LogP contribution in [0.25, 0.3) is 0 Å². The van der Waals surface area contributed by atoms with Crippen LogP contribution in [-0.2, 0) is 37.1 Å². The first kappa shape index (κ1) is 23.7. The molecule has 0 bridgehead atoms. The number of rotatable bonds is 12. The summed E-state index contributed by atoms with van der Waals surface area (Å²) in [4.78, 5) is 37.3. The van der Waals surface area contributed by atoms with Gasteiger partial charge in [0, 0.05) is 38.4 Å². The van der Waals surface area contributed by atoms with E-state index in [2.05, 4.69) is 6.58 Å². The Morgan fingerprint density at radius 2 is 1.69 bits per heavy atom. The molecule has 0 aliphatic heterocycles. The number of hydrogen-bond donors (Lipinski definition) is 0. The fourth-order valence-electron chi connectivity index (χ4n) is 4.51. The van der Waals surface area contributed by atoms with E-state index in [4.69, 9.17) is 22.8 Å². The molecule has 29 heavy (non-hydrogen) atoms. The third kappa shape index (κ3) is 4.33. The van der Waals surface area contributed by atoms with Gasteiger partial charge in [0.2, 0.25) is 0 Å². The van der Waals surface area contributed by atoms with Gasteiger partial charge < -0.3 is 22.8 Å². The number of fused-ring (bicyclic) bond motifs is 1. The van der Waals surface area contributed by atoms with Gasteiger partial charge in [0.15, 0.2) is 0 Å². The van der Waals surface area contributed by atoms with Crippen molar-refractivity contribution in [3.05, 3.63) is 12.2 Å². The highest BCUT2D eigenvalue weighted by molar-refractivity contribution is 6.60. The van der Waals surface area contributed by atoms with Crippen LogP contribution in [0.2, 0.25) is 6.04 Å². The van der Waals surface area contributed by atoms with E-state index in [0.717, 1.165) is 6.42 Å². The van der Waals surface area contributed by atoms with Crippen molar-refractivity contribution in [2.45, 2.75) is 45.6 Å². The molecule has 0 aromatic carbocycles. The van der Waals surface area contributed by atoms with Crippen LogP contribution in [-0.4, -0.2) is 61.1 Å². The smallest absolute Gasteiger partial charge is 0.465 e. The molecular weight excluding hydrogens is 396 g/mol. The fourth-order valence-corrected chi connectivity index (χ4v) is 6.20. The molecule has 2 aliphatic rings. The van der Waals surface area contributed by atoms with Crippen molar-refractivity contribution in [3.8, 4) is 0 Å². The van der Waals surface area contributed by atoms with E-state index in [9.17, 15) is 14.4 Å². The lowest BCUT2D eigenvalue weighted by molar-refractivity contribution is -0.160. The van der Waals surface area contributed by atoms with Crippen LogP contribution >= 0.6 is 0 Å². The molecule has 2 fully saturated rings. The number of ketones is 1. The van der Waals surface area contributed by atoms with Crippen LogP contribution in [0, 0.1) is 16.7 Å². The molecule has 9 heteroatoms. The minimum absolute atomic E-state index is 0.0754. The minimum atomic E-state index is -2.70. The summed E-state index contributed by atoms with van der Waals surface area (Å²) < 4.78 is 26.6. The SMILES string of the molecule is C=C(C(=O)OCCC[Si](OC)(OC)OC)C12CC1CC(C(C)=O)(C(=O)OCC)C2. The lowest BCUT2D eigenvalue weighted by Crippen LogP contribution is -2.42. The maximum atomic E-state index is 12.6. The predicted molar refractivity (Wildman–Crippen MR) is 106 cm³/mol. The van der Waals surface area contributed by atoms with Gasteiger partial charge >= 0.3 is 20.7 Å². The first-order valence-corrected chi connectivity index (χ1v) is 11.8. The van der Waals surface area contributed by atoms with Crippen LogP contribution in [0.4, 0.5) is 0 Å². The molecule has 164 valence electrons. The summed E-state index contributed by atoms with van der Waals surface area (Å²) in [6, 6.07) is 0.514. The summed E-state index contributed by atoms with van der Waals surface area (Å²) in [6.45, 7) is 7.47. The minimum Gasteiger partial charge on any atom is -0.465 e. The van der Waals surface area contributed by atoms with E-state index in [1.807, 2.05) is 0 Å². The van der Waals surface area contributed by atoms with Crippen molar-refractivity contribution in [2.75, 3.05) is 34.5 Å².